The van der Waals surface area contributed by atoms with E-state index < -0.39 is 6.10 Å². The second-order valence-corrected chi connectivity index (χ2v) is 3.58. The molecule has 0 amide bonds. The lowest BCUT2D eigenvalue weighted by Gasteiger charge is -2.21. The van der Waals surface area contributed by atoms with Crippen molar-refractivity contribution in [3.8, 4) is 0 Å². The van der Waals surface area contributed by atoms with Crippen molar-refractivity contribution in [2.75, 3.05) is 7.05 Å². The predicted molar refractivity (Wildman–Crippen MR) is 50.8 cm³/mol. The number of hydrogen-bond acceptors (Lipinski definition) is 3. The van der Waals surface area contributed by atoms with E-state index in [9.17, 15) is 5.11 Å². The maximum absolute atomic E-state index is 9.89. The Morgan fingerprint density at radius 1 is 1.46 bits per heavy atom. The van der Waals surface area contributed by atoms with Crippen LogP contribution in [0.15, 0.2) is 24.3 Å². The van der Waals surface area contributed by atoms with Gasteiger partial charge in [0.2, 0.25) is 0 Å². The van der Waals surface area contributed by atoms with E-state index in [4.69, 9.17) is 5.84 Å². The van der Waals surface area contributed by atoms with Gasteiger partial charge in [0, 0.05) is 7.05 Å². The van der Waals surface area contributed by atoms with Gasteiger partial charge in [-0.05, 0) is 17.5 Å². The van der Waals surface area contributed by atoms with Crippen molar-refractivity contribution in [2.45, 2.75) is 18.6 Å². The molecule has 3 N–H and O–H groups in total. The first kappa shape index (κ1) is 8.69. The van der Waals surface area contributed by atoms with E-state index in [-0.39, 0.29) is 6.04 Å². The van der Waals surface area contributed by atoms with Crippen LogP contribution in [0.2, 0.25) is 0 Å². The maximum atomic E-state index is 9.89. The summed E-state index contributed by atoms with van der Waals surface area (Å²) in [6.45, 7) is 0. The fourth-order valence-corrected chi connectivity index (χ4v) is 1.92. The number of fused-ring (bicyclic) bond motifs is 1. The maximum Gasteiger partial charge on any atom is 0.0964 e. The first-order chi connectivity index (χ1) is 6.20. The summed E-state index contributed by atoms with van der Waals surface area (Å²) in [6.07, 6.45) is 0.399. The molecule has 1 aliphatic carbocycles. The van der Waals surface area contributed by atoms with Crippen LogP contribution < -0.4 is 5.84 Å². The summed E-state index contributed by atoms with van der Waals surface area (Å²) in [4.78, 5) is 0. The number of rotatable bonds is 1. The van der Waals surface area contributed by atoms with Crippen molar-refractivity contribution in [2.24, 2.45) is 5.84 Å². The van der Waals surface area contributed by atoms with Crippen LogP contribution in [0.4, 0.5) is 0 Å². The summed E-state index contributed by atoms with van der Waals surface area (Å²) < 4.78 is 0. The molecular weight excluding hydrogens is 164 g/mol. The number of aliphatic hydroxyl groups is 1. The lowest BCUT2D eigenvalue weighted by Crippen LogP contribution is -2.40. The fraction of sp³-hybridized carbons (Fsp3) is 0.400. The molecule has 1 aromatic rings. The van der Waals surface area contributed by atoms with Crippen LogP contribution >= 0.6 is 0 Å². The number of likely N-dealkylation sites (N-methyl/N-ethyl adjacent to an activating group) is 1. The average molecular weight is 178 g/mol. The molecule has 0 fully saturated rings. The van der Waals surface area contributed by atoms with Gasteiger partial charge in [0.05, 0.1) is 12.1 Å². The van der Waals surface area contributed by atoms with Crippen molar-refractivity contribution in [1.82, 2.24) is 5.01 Å². The Kier molecular flexibility index (Phi) is 2.07. The highest BCUT2D eigenvalue weighted by Crippen LogP contribution is 2.32. The highest BCUT2D eigenvalue weighted by Gasteiger charge is 2.32. The molecule has 0 saturated carbocycles. The molecule has 0 unspecified atom stereocenters. The Morgan fingerprint density at radius 2 is 2.15 bits per heavy atom. The lowest BCUT2D eigenvalue weighted by atomic mass is 10.1. The average Bonchev–Trinajstić information content (AvgIpc) is 2.45. The van der Waals surface area contributed by atoms with Gasteiger partial charge < -0.3 is 5.11 Å². The fourth-order valence-electron chi connectivity index (χ4n) is 1.92. The number of hydrogen-bond donors (Lipinski definition) is 2. The van der Waals surface area contributed by atoms with Gasteiger partial charge in [-0.1, -0.05) is 24.3 Å². The molecule has 0 heterocycles. The smallest absolute Gasteiger partial charge is 0.0964 e. The molecule has 0 radical (unpaired) electrons. The minimum absolute atomic E-state index is 0.0254. The molecule has 3 heteroatoms. The summed E-state index contributed by atoms with van der Waals surface area (Å²) in [5.41, 5.74) is 2.22. The quantitative estimate of drug-likeness (QED) is 0.485. The third-order valence-corrected chi connectivity index (χ3v) is 2.69. The number of aliphatic hydroxyl groups excluding tert-OH is 1. The van der Waals surface area contributed by atoms with Crippen molar-refractivity contribution in [3.05, 3.63) is 35.4 Å². The highest BCUT2D eigenvalue weighted by atomic mass is 16.3. The van der Waals surface area contributed by atoms with E-state index in [1.165, 1.54) is 5.56 Å². The molecule has 0 aromatic heterocycles. The minimum atomic E-state index is -0.439. The Labute approximate surface area is 77.7 Å². The zero-order valence-electron chi connectivity index (χ0n) is 7.64. The lowest BCUT2D eigenvalue weighted by molar-refractivity contribution is 0.0764. The van der Waals surface area contributed by atoms with Gasteiger partial charge in [0.25, 0.3) is 0 Å². The van der Waals surface area contributed by atoms with Gasteiger partial charge in [0.15, 0.2) is 0 Å². The molecule has 13 heavy (non-hydrogen) atoms. The first-order valence-electron chi connectivity index (χ1n) is 4.43. The summed E-state index contributed by atoms with van der Waals surface area (Å²) in [7, 11) is 1.79. The number of benzene rings is 1. The number of hydrazine groups is 1. The topological polar surface area (TPSA) is 49.5 Å². The molecule has 0 saturated heterocycles. The monoisotopic (exact) mass is 178 g/mol. The Balaban J connectivity index is 2.32. The molecule has 70 valence electrons. The SMILES string of the molecule is CN(N)[C@H]1Cc2ccccc2[C@H]1O. The van der Waals surface area contributed by atoms with Crippen LogP contribution in [0.5, 0.6) is 0 Å². The number of nitrogens with zero attached hydrogens (tertiary/aromatic N) is 1. The molecular formula is C10H14N2O. The normalized spacial score (nSPS) is 26.5. The van der Waals surface area contributed by atoms with Crippen LogP contribution in [0.3, 0.4) is 0 Å². The second kappa shape index (κ2) is 3.10. The molecule has 0 aliphatic heterocycles. The second-order valence-electron chi connectivity index (χ2n) is 3.58. The predicted octanol–water partition coefficient (Wildman–Crippen LogP) is 0.450. The molecule has 1 aromatic carbocycles. The van der Waals surface area contributed by atoms with Crippen molar-refractivity contribution >= 4 is 0 Å². The van der Waals surface area contributed by atoms with Crippen molar-refractivity contribution < 1.29 is 5.11 Å². The molecule has 0 spiro atoms. The van der Waals surface area contributed by atoms with Gasteiger partial charge in [-0.3, -0.25) is 5.84 Å². The van der Waals surface area contributed by atoms with Gasteiger partial charge in [0.1, 0.15) is 0 Å². The van der Waals surface area contributed by atoms with Gasteiger partial charge in [-0.15, -0.1) is 0 Å². The van der Waals surface area contributed by atoms with E-state index in [0.717, 1.165) is 12.0 Å². The Hall–Kier alpha value is -0.900. The van der Waals surface area contributed by atoms with Crippen LogP contribution in [0, 0.1) is 0 Å². The van der Waals surface area contributed by atoms with Crippen molar-refractivity contribution in [1.29, 1.82) is 0 Å². The molecule has 0 bridgehead atoms. The van der Waals surface area contributed by atoms with E-state index in [1.54, 1.807) is 12.1 Å². The summed E-state index contributed by atoms with van der Waals surface area (Å²) >= 11 is 0. The standard InChI is InChI=1S/C10H14N2O/c1-12(11)9-6-7-4-2-3-5-8(7)10(9)13/h2-5,9-10,13H,6,11H2,1H3/t9-,10+/m0/s1. The van der Waals surface area contributed by atoms with Crippen LogP contribution in [0.1, 0.15) is 17.2 Å². The number of nitrogens with two attached hydrogens (primary N) is 1. The molecule has 2 rings (SSSR count). The largest absolute Gasteiger partial charge is 0.387 e. The van der Waals surface area contributed by atoms with Gasteiger partial charge >= 0.3 is 0 Å². The van der Waals surface area contributed by atoms with E-state index in [2.05, 4.69) is 0 Å². The van der Waals surface area contributed by atoms with E-state index >= 15 is 0 Å². The Bertz CT molecular complexity index is 312. The van der Waals surface area contributed by atoms with Crippen LogP contribution in [-0.4, -0.2) is 23.2 Å². The minimum Gasteiger partial charge on any atom is -0.387 e. The third-order valence-electron chi connectivity index (χ3n) is 2.69. The van der Waals surface area contributed by atoms with E-state index in [0.29, 0.717) is 0 Å². The first-order valence-corrected chi connectivity index (χ1v) is 4.43. The summed E-state index contributed by atoms with van der Waals surface area (Å²) in [5, 5.41) is 11.5. The zero-order valence-corrected chi connectivity index (χ0v) is 7.64. The summed E-state index contributed by atoms with van der Waals surface area (Å²) in [6, 6.07) is 7.97. The summed E-state index contributed by atoms with van der Waals surface area (Å²) in [5.74, 6) is 5.64. The van der Waals surface area contributed by atoms with Crippen LogP contribution in [-0.2, 0) is 6.42 Å². The van der Waals surface area contributed by atoms with Crippen molar-refractivity contribution in [3.63, 3.8) is 0 Å². The highest BCUT2D eigenvalue weighted by molar-refractivity contribution is 5.35. The zero-order chi connectivity index (χ0) is 9.42. The van der Waals surface area contributed by atoms with Crippen LogP contribution in [0.25, 0.3) is 0 Å². The Morgan fingerprint density at radius 3 is 2.77 bits per heavy atom. The molecule has 2 atom stereocenters. The third kappa shape index (κ3) is 1.35. The van der Waals surface area contributed by atoms with Gasteiger partial charge in [-0.2, -0.15) is 0 Å². The van der Waals surface area contributed by atoms with Gasteiger partial charge in [-0.25, -0.2) is 5.01 Å². The molecule has 1 aliphatic rings. The van der Waals surface area contributed by atoms with E-state index in [1.807, 2.05) is 24.3 Å². The molecule has 3 nitrogen and oxygen atoms in total.